The number of anilines is 2. The number of nitrogens with zero attached hydrogens (tertiary/aromatic N) is 6. The van der Waals surface area contributed by atoms with Crippen LogP contribution >= 0.6 is 0 Å². The molecule has 2 heterocycles. The molecule has 4 aromatic rings. The molecule has 14 heteroatoms. The van der Waals surface area contributed by atoms with Gasteiger partial charge < -0.3 is 26.0 Å². The number of ether oxygens (including phenoxy) is 1. The maximum atomic E-state index is 13.7. The fourth-order valence-electron chi connectivity index (χ4n) is 4.76. The van der Waals surface area contributed by atoms with Crippen molar-refractivity contribution < 1.29 is 18.7 Å². The molecule has 222 valence electrons. The van der Waals surface area contributed by atoms with Crippen molar-refractivity contribution in [3.8, 4) is 5.75 Å². The van der Waals surface area contributed by atoms with Crippen molar-refractivity contribution >= 4 is 29.3 Å². The van der Waals surface area contributed by atoms with Crippen LogP contribution in [-0.4, -0.2) is 74.0 Å². The molecular formula is C29H31FN10O3. The third-order valence-corrected chi connectivity index (χ3v) is 7.29. The van der Waals surface area contributed by atoms with Gasteiger partial charge in [0.15, 0.2) is 0 Å². The molecule has 0 saturated heterocycles. The second-order valence-corrected chi connectivity index (χ2v) is 10.1. The summed E-state index contributed by atoms with van der Waals surface area (Å²) in [6.45, 7) is 0.561. The molecule has 0 aliphatic heterocycles. The first-order valence-corrected chi connectivity index (χ1v) is 13.5. The molecule has 1 aliphatic carbocycles. The lowest BCUT2D eigenvalue weighted by atomic mass is 10.0. The van der Waals surface area contributed by atoms with Gasteiger partial charge in [-0.1, -0.05) is 24.3 Å². The number of aromatic nitrogens is 5. The number of rotatable bonds is 11. The standard InChI is InChI=1S/C29H31FN10O3/c1-39(29(42)40-16-33-14-38-40)22(18-7-8-18)13-34-27-24(26(32)36-15-37-27)25(31)19-5-3-17(4-6-19)12-35-28(41)21-11-20(30)9-10-23(21)43-2/h3-6,9-11,14-16,18,22,31H,7-8,12-13H2,1-2H3,(H,35,41)(H3,32,34,36,37)/t22-/m1/s1. The summed E-state index contributed by atoms with van der Waals surface area (Å²) >= 11 is 0. The molecule has 43 heavy (non-hydrogen) atoms. The van der Waals surface area contributed by atoms with Gasteiger partial charge in [-0.3, -0.25) is 10.2 Å². The Balaban J connectivity index is 1.26. The summed E-state index contributed by atoms with van der Waals surface area (Å²) in [5, 5.41) is 18.9. The van der Waals surface area contributed by atoms with Gasteiger partial charge in [0.05, 0.1) is 30.0 Å². The van der Waals surface area contributed by atoms with E-state index in [1.54, 1.807) is 36.2 Å². The quantitative estimate of drug-likeness (QED) is 0.192. The van der Waals surface area contributed by atoms with Crippen LogP contribution in [0.15, 0.2) is 61.4 Å². The second kappa shape index (κ2) is 12.6. The molecule has 13 nitrogen and oxygen atoms in total. The highest BCUT2D eigenvalue weighted by atomic mass is 19.1. The van der Waals surface area contributed by atoms with Gasteiger partial charge in [0.1, 0.15) is 42.2 Å². The summed E-state index contributed by atoms with van der Waals surface area (Å²) in [6, 6.07) is 10.3. The number of likely N-dealkylation sites (N-methyl/N-ethyl adjacent to an activating group) is 1. The second-order valence-electron chi connectivity index (χ2n) is 10.1. The van der Waals surface area contributed by atoms with E-state index in [-0.39, 0.29) is 41.5 Å². The van der Waals surface area contributed by atoms with Gasteiger partial charge in [-0.15, -0.1) is 0 Å². The van der Waals surface area contributed by atoms with Gasteiger partial charge in [-0.05, 0) is 42.5 Å². The number of halogens is 1. The minimum Gasteiger partial charge on any atom is -0.496 e. The van der Waals surface area contributed by atoms with E-state index in [2.05, 4.69) is 30.7 Å². The Hall–Kier alpha value is -5.40. The van der Waals surface area contributed by atoms with E-state index in [1.807, 2.05) is 0 Å². The Kier molecular flexibility index (Phi) is 8.55. The Morgan fingerprint density at radius 3 is 2.63 bits per heavy atom. The minimum absolute atomic E-state index is 0.0957. The van der Waals surface area contributed by atoms with Crippen molar-refractivity contribution in [2.24, 2.45) is 5.92 Å². The SMILES string of the molecule is COc1ccc(F)cc1C(=O)NCc1ccc(C(=N)c2c(N)ncnc2NC[C@H](C2CC2)N(C)C(=O)n2cncn2)cc1. The number of nitrogens with one attached hydrogen (secondary N) is 3. The van der Waals surface area contributed by atoms with Crippen LogP contribution in [0.5, 0.6) is 5.75 Å². The monoisotopic (exact) mass is 586 g/mol. The zero-order chi connectivity index (χ0) is 30.5. The van der Waals surface area contributed by atoms with Crippen LogP contribution in [-0.2, 0) is 6.54 Å². The topological polar surface area (TPSA) is 177 Å². The first kappa shape index (κ1) is 29.1. The Morgan fingerprint density at radius 2 is 1.95 bits per heavy atom. The van der Waals surface area contributed by atoms with E-state index < -0.39 is 11.7 Å². The van der Waals surface area contributed by atoms with Gasteiger partial charge >= 0.3 is 6.03 Å². The van der Waals surface area contributed by atoms with E-state index in [0.29, 0.717) is 29.4 Å². The fraction of sp³-hybridized carbons (Fsp3) is 0.276. The highest BCUT2D eigenvalue weighted by Gasteiger charge is 2.36. The third-order valence-electron chi connectivity index (χ3n) is 7.29. The normalized spacial score (nSPS) is 13.2. The number of hydrogen-bond donors (Lipinski definition) is 4. The Labute approximate surface area is 246 Å². The van der Waals surface area contributed by atoms with Crippen molar-refractivity contribution in [2.45, 2.75) is 25.4 Å². The number of carbonyl (C=O) groups is 2. The molecular weight excluding hydrogens is 555 g/mol. The first-order valence-electron chi connectivity index (χ1n) is 13.5. The Morgan fingerprint density at radius 1 is 1.19 bits per heavy atom. The summed E-state index contributed by atoms with van der Waals surface area (Å²) < 4.78 is 20.0. The summed E-state index contributed by atoms with van der Waals surface area (Å²) in [5.74, 6) is 0.0928. The predicted molar refractivity (Wildman–Crippen MR) is 157 cm³/mol. The zero-order valence-electron chi connectivity index (χ0n) is 23.6. The molecule has 2 aromatic heterocycles. The van der Waals surface area contributed by atoms with Crippen LogP contribution in [0.25, 0.3) is 0 Å². The molecule has 2 amide bonds. The van der Waals surface area contributed by atoms with Crippen LogP contribution in [0.1, 0.15) is 39.9 Å². The average Bonchev–Trinajstić information content (AvgIpc) is 3.70. The summed E-state index contributed by atoms with van der Waals surface area (Å²) in [4.78, 5) is 39.4. The van der Waals surface area contributed by atoms with E-state index in [9.17, 15) is 14.0 Å². The maximum absolute atomic E-state index is 13.7. The number of methoxy groups -OCH3 is 1. The largest absolute Gasteiger partial charge is 0.496 e. The lowest BCUT2D eigenvalue weighted by Crippen LogP contribution is -2.45. The van der Waals surface area contributed by atoms with Crippen molar-refractivity contribution in [1.29, 1.82) is 5.41 Å². The number of amides is 2. The van der Waals surface area contributed by atoms with E-state index in [1.165, 1.54) is 42.9 Å². The fourth-order valence-corrected chi connectivity index (χ4v) is 4.76. The average molecular weight is 587 g/mol. The molecule has 1 saturated carbocycles. The summed E-state index contributed by atoms with van der Waals surface area (Å²) in [6.07, 6.45) is 5.99. The molecule has 0 unspecified atom stereocenters. The molecule has 1 fully saturated rings. The molecule has 1 atom stereocenters. The predicted octanol–water partition coefficient (Wildman–Crippen LogP) is 2.93. The molecule has 0 spiro atoms. The number of benzene rings is 2. The highest BCUT2D eigenvalue weighted by molar-refractivity contribution is 6.16. The first-order chi connectivity index (χ1) is 20.8. The van der Waals surface area contributed by atoms with Crippen LogP contribution in [0, 0.1) is 17.1 Å². The maximum Gasteiger partial charge on any atom is 0.346 e. The van der Waals surface area contributed by atoms with Gasteiger partial charge in [0.2, 0.25) is 0 Å². The number of nitrogen functional groups attached to an aromatic ring is 1. The highest BCUT2D eigenvalue weighted by Crippen LogP contribution is 2.35. The molecule has 0 radical (unpaired) electrons. The molecule has 2 aromatic carbocycles. The minimum atomic E-state index is -0.540. The lowest BCUT2D eigenvalue weighted by Gasteiger charge is -2.28. The smallest absolute Gasteiger partial charge is 0.346 e. The molecule has 1 aliphatic rings. The summed E-state index contributed by atoms with van der Waals surface area (Å²) in [7, 11) is 3.14. The van der Waals surface area contributed by atoms with Gasteiger partial charge in [0.25, 0.3) is 5.91 Å². The van der Waals surface area contributed by atoms with Crippen molar-refractivity contribution in [3.05, 3.63) is 89.5 Å². The van der Waals surface area contributed by atoms with E-state index in [4.69, 9.17) is 15.9 Å². The van der Waals surface area contributed by atoms with Crippen LogP contribution in [0.4, 0.5) is 20.8 Å². The Bertz CT molecular complexity index is 1620. The van der Waals surface area contributed by atoms with Gasteiger partial charge in [0, 0.05) is 25.7 Å². The molecule has 0 bridgehead atoms. The number of carbonyl (C=O) groups excluding carboxylic acids is 2. The van der Waals surface area contributed by atoms with Crippen LogP contribution in [0.2, 0.25) is 0 Å². The molecule has 5 N–H and O–H groups in total. The molecule has 5 rings (SSSR count). The summed E-state index contributed by atoms with van der Waals surface area (Å²) in [5.41, 5.74) is 8.07. The lowest BCUT2D eigenvalue weighted by molar-refractivity contribution is 0.0947. The third kappa shape index (κ3) is 6.58. The van der Waals surface area contributed by atoms with Crippen molar-refractivity contribution in [2.75, 3.05) is 31.8 Å². The van der Waals surface area contributed by atoms with Gasteiger partial charge in [-0.25, -0.2) is 24.1 Å². The van der Waals surface area contributed by atoms with Crippen LogP contribution < -0.4 is 21.1 Å². The van der Waals surface area contributed by atoms with Crippen LogP contribution in [0.3, 0.4) is 0 Å². The van der Waals surface area contributed by atoms with Gasteiger partial charge in [-0.2, -0.15) is 9.78 Å². The van der Waals surface area contributed by atoms with Crippen molar-refractivity contribution in [1.82, 2.24) is 34.9 Å². The number of hydrogen-bond acceptors (Lipinski definition) is 10. The van der Waals surface area contributed by atoms with E-state index >= 15 is 0 Å². The zero-order valence-corrected chi connectivity index (χ0v) is 23.6. The van der Waals surface area contributed by atoms with Crippen molar-refractivity contribution in [3.63, 3.8) is 0 Å². The number of nitrogens with two attached hydrogens (primary N) is 1. The van der Waals surface area contributed by atoms with E-state index in [0.717, 1.165) is 24.5 Å².